The molecule has 1 aromatic carbocycles. The summed E-state index contributed by atoms with van der Waals surface area (Å²) in [5, 5.41) is 3.48. The van der Waals surface area contributed by atoms with Crippen LogP contribution in [0, 0.1) is 29.1 Å². The summed E-state index contributed by atoms with van der Waals surface area (Å²) >= 11 is 0. The van der Waals surface area contributed by atoms with E-state index in [9.17, 15) is 4.79 Å². The van der Waals surface area contributed by atoms with Gasteiger partial charge < -0.3 is 11.1 Å². The molecule has 0 spiro atoms. The molecular weight excluding hydrogens is 356 g/mol. The quantitative estimate of drug-likeness (QED) is 0.749. The fourth-order valence-electron chi connectivity index (χ4n) is 7.04. The van der Waals surface area contributed by atoms with E-state index in [2.05, 4.69) is 56.4 Å². The van der Waals surface area contributed by atoms with Crippen LogP contribution in [-0.4, -0.2) is 18.5 Å². The van der Waals surface area contributed by atoms with Crippen molar-refractivity contribution in [1.82, 2.24) is 5.32 Å². The Hall–Kier alpha value is -1.35. The molecule has 3 saturated carbocycles. The molecule has 5 atom stereocenters. The van der Waals surface area contributed by atoms with E-state index in [0.29, 0.717) is 35.6 Å². The maximum Gasteiger partial charge on any atom is 0.226 e. The fourth-order valence-corrected chi connectivity index (χ4v) is 7.04. The number of nitrogens with one attached hydrogen (secondary N) is 1. The van der Waals surface area contributed by atoms with Crippen LogP contribution < -0.4 is 11.1 Å². The Kier molecular flexibility index (Phi) is 5.81. The zero-order valence-electron chi connectivity index (χ0n) is 18.6. The summed E-state index contributed by atoms with van der Waals surface area (Å²) < 4.78 is 0. The van der Waals surface area contributed by atoms with Gasteiger partial charge in [-0.15, -0.1) is 0 Å². The third-order valence-electron chi connectivity index (χ3n) is 8.90. The predicted octanol–water partition coefficient (Wildman–Crippen LogP) is 5.04. The molecule has 0 aliphatic heterocycles. The molecule has 0 heterocycles. The van der Waals surface area contributed by atoms with Gasteiger partial charge in [0.05, 0.1) is 0 Å². The van der Waals surface area contributed by atoms with Crippen molar-refractivity contribution in [2.24, 2.45) is 34.8 Å². The van der Waals surface area contributed by atoms with E-state index in [1.165, 1.54) is 18.4 Å². The summed E-state index contributed by atoms with van der Waals surface area (Å²) in [5.74, 6) is 3.00. The van der Waals surface area contributed by atoms with Crippen LogP contribution >= 0.6 is 0 Å². The molecule has 3 heteroatoms. The van der Waals surface area contributed by atoms with Crippen molar-refractivity contribution in [2.45, 2.75) is 83.6 Å². The summed E-state index contributed by atoms with van der Waals surface area (Å²) in [6, 6.07) is 11.4. The SMILES string of the molecule is CC1CC2(c3ccccc3)CC(CC(C)(C(=O)N[C@H]3CC[C@H](CN)CC3)C2)C1C. The van der Waals surface area contributed by atoms with E-state index in [1.54, 1.807) is 0 Å². The van der Waals surface area contributed by atoms with Crippen LogP contribution in [0.1, 0.15) is 77.7 Å². The van der Waals surface area contributed by atoms with E-state index in [1.807, 2.05) is 0 Å². The van der Waals surface area contributed by atoms with Crippen molar-refractivity contribution < 1.29 is 4.79 Å². The van der Waals surface area contributed by atoms with Gasteiger partial charge in [-0.05, 0) is 92.6 Å². The Morgan fingerprint density at radius 3 is 2.41 bits per heavy atom. The average Bonchev–Trinajstić information content (AvgIpc) is 2.73. The minimum Gasteiger partial charge on any atom is -0.353 e. The van der Waals surface area contributed by atoms with E-state index >= 15 is 0 Å². The minimum atomic E-state index is -0.266. The van der Waals surface area contributed by atoms with E-state index in [0.717, 1.165) is 45.1 Å². The summed E-state index contributed by atoms with van der Waals surface area (Å²) in [6.07, 6.45) is 8.96. The molecule has 0 saturated heterocycles. The van der Waals surface area contributed by atoms with Gasteiger partial charge in [-0.25, -0.2) is 0 Å². The maximum atomic E-state index is 13.6. The van der Waals surface area contributed by atoms with Gasteiger partial charge in [-0.3, -0.25) is 4.79 Å². The van der Waals surface area contributed by atoms with Crippen LogP contribution in [0.4, 0.5) is 0 Å². The second-order valence-corrected chi connectivity index (χ2v) is 11.0. The van der Waals surface area contributed by atoms with Gasteiger partial charge in [0, 0.05) is 11.5 Å². The lowest BCUT2D eigenvalue weighted by Crippen LogP contribution is -2.55. The zero-order valence-corrected chi connectivity index (χ0v) is 18.6. The van der Waals surface area contributed by atoms with Crippen LogP contribution in [0.25, 0.3) is 0 Å². The van der Waals surface area contributed by atoms with Crippen molar-refractivity contribution >= 4 is 5.91 Å². The summed E-state index contributed by atoms with van der Waals surface area (Å²) in [4.78, 5) is 13.6. The largest absolute Gasteiger partial charge is 0.353 e. The van der Waals surface area contributed by atoms with Gasteiger partial charge in [-0.2, -0.15) is 0 Å². The van der Waals surface area contributed by atoms with Gasteiger partial charge in [0.25, 0.3) is 0 Å². The molecule has 3 aliphatic rings. The molecular formula is C26H40N2O. The lowest BCUT2D eigenvalue weighted by molar-refractivity contribution is -0.139. The molecule has 5 unspecified atom stereocenters. The number of hydrogen-bond acceptors (Lipinski definition) is 2. The standard InChI is InChI=1S/C26H40N2O/c1-18-13-26(22-7-5-4-6-8-22)15-21(19(18)2)14-25(3,17-26)24(29)28-23-11-9-20(16-27)10-12-23/h4-8,18-21,23H,9-17,27H2,1-3H3,(H,28,29)/t18?,19?,20-,21?,23-,25?,26?. The first kappa shape index (κ1) is 20.9. The lowest BCUT2D eigenvalue weighted by atomic mass is 9.48. The van der Waals surface area contributed by atoms with Gasteiger partial charge in [-0.1, -0.05) is 51.1 Å². The van der Waals surface area contributed by atoms with Crippen molar-refractivity contribution in [3.63, 3.8) is 0 Å². The van der Waals surface area contributed by atoms with Gasteiger partial charge in [0.1, 0.15) is 0 Å². The van der Waals surface area contributed by atoms with Crippen molar-refractivity contribution in [1.29, 1.82) is 0 Å². The Morgan fingerprint density at radius 2 is 1.76 bits per heavy atom. The number of carbonyl (C=O) groups excluding carboxylic acids is 1. The van der Waals surface area contributed by atoms with Crippen LogP contribution in [-0.2, 0) is 10.2 Å². The molecule has 3 nitrogen and oxygen atoms in total. The topological polar surface area (TPSA) is 55.1 Å². The van der Waals surface area contributed by atoms with Crippen molar-refractivity contribution in [3.05, 3.63) is 35.9 Å². The predicted molar refractivity (Wildman–Crippen MR) is 119 cm³/mol. The summed E-state index contributed by atoms with van der Waals surface area (Å²) in [6.45, 7) is 7.88. The normalized spacial score (nSPS) is 42.3. The van der Waals surface area contributed by atoms with Crippen molar-refractivity contribution in [2.75, 3.05) is 6.54 Å². The van der Waals surface area contributed by atoms with Crippen LogP contribution in [0.2, 0.25) is 0 Å². The molecule has 1 amide bonds. The molecule has 1 aromatic rings. The highest BCUT2D eigenvalue weighted by atomic mass is 16.2. The first-order valence-electron chi connectivity index (χ1n) is 11.9. The van der Waals surface area contributed by atoms with Crippen LogP contribution in [0.5, 0.6) is 0 Å². The highest BCUT2D eigenvalue weighted by molar-refractivity contribution is 5.83. The Morgan fingerprint density at radius 1 is 1.07 bits per heavy atom. The molecule has 3 aliphatic carbocycles. The number of amides is 1. The monoisotopic (exact) mass is 396 g/mol. The van der Waals surface area contributed by atoms with Gasteiger partial charge >= 0.3 is 0 Å². The average molecular weight is 397 g/mol. The second kappa shape index (κ2) is 8.06. The van der Waals surface area contributed by atoms with Crippen LogP contribution in [0.15, 0.2) is 30.3 Å². The van der Waals surface area contributed by atoms with Gasteiger partial charge in [0.2, 0.25) is 5.91 Å². The molecule has 0 radical (unpaired) electrons. The Balaban J connectivity index is 1.55. The maximum absolute atomic E-state index is 13.6. The van der Waals surface area contributed by atoms with Gasteiger partial charge in [0.15, 0.2) is 0 Å². The van der Waals surface area contributed by atoms with E-state index in [4.69, 9.17) is 5.73 Å². The molecule has 29 heavy (non-hydrogen) atoms. The third kappa shape index (κ3) is 4.00. The molecule has 2 bridgehead atoms. The molecule has 4 rings (SSSR count). The number of benzene rings is 1. The summed E-state index contributed by atoms with van der Waals surface area (Å²) in [5.41, 5.74) is 7.18. The Bertz CT molecular complexity index is 707. The van der Waals surface area contributed by atoms with Crippen LogP contribution in [0.3, 0.4) is 0 Å². The number of carbonyl (C=O) groups is 1. The number of fused-ring (bicyclic) bond motifs is 2. The molecule has 3 fully saturated rings. The first-order chi connectivity index (χ1) is 13.8. The second-order valence-electron chi connectivity index (χ2n) is 11.0. The first-order valence-corrected chi connectivity index (χ1v) is 11.9. The smallest absolute Gasteiger partial charge is 0.226 e. The van der Waals surface area contributed by atoms with E-state index in [-0.39, 0.29) is 10.8 Å². The van der Waals surface area contributed by atoms with E-state index < -0.39 is 0 Å². The highest BCUT2D eigenvalue weighted by Crippen LogP contribution is 2.59. The van der Waals surface area contributed by atoms with Crippen molar-refractivity contribution in [3.8, 4) is 0 Å². The molecule has 3 N–H and O–H groups in total. The third-order valence-corrected chi connectivity index (χ3v) is 8.90. The Labute approximate surface area is 177 Å². The molecule has 160 valence electrons. The lowest BCUT2D eigenvalue weighted by Gasteiger charge is -2.56. The zero-order chi connectivity index (χ0) is 20.6. The minimum absolute atomic E-state index is 0.152. The highest BCUT2D eigenvalue weighted by Gasteiger charge is 2.55. The number of nitrogens with two attached hydrogens (primary N) is 1. The number of rotatable bonds is 4. The molecule has 0 aromatic heterocycles. The summed E-state index contributed by atoms with van der Waals surface area (Å²) in [7, 11) is 0. The fraction of sp³-hybridized carbons (Fsp3) is 0.731. The number of hydrogen-bond donors (Lipinski definition) is 2.